The molecule has 1 heterocycles. The number of aromatic nitrogens is 1. The second-order valence-corrected chi connectivity index (χ2v) is 9.67. The number of anilines is 2. The number of carbonyl (C=O) groups is 2. The summed E-state index contributed by atoms with van der Waals surface area (Å²) in [7, 11) is 1.50. The number of para-hydroxylation sites is 1. The zero-order chi connectivity index (χ0) is 30.1. The summed E-state index contributed by atoms with van der Waals surface area (Å²) in [6, 6.07) is 10.8. The Balaban J connectivity index is 2.39. The van der Waals surface area contributed by atoms with Crippen molar-refractivity contribution in [3.8, 4) is 11.3 Å². The predicted octanol–water partition coefficient (Wildman–Crippen LogP) is 5.97. The lowest BCUT2D eigenvalue weighted by Gasteiger charge is -2.34. The van der Waals surface area contributed by atoms with E-state index in [-0.39, 0.29) is 52.7 Å². The molecule has 0 aliphatic rings. The van der Waals surface area contributed by atoms with Gasteiger partial charge in [-0.05, 0) is 49.1 Å². The van der Waals surface area contributed by atoms with E-state index in [9.17, 15) is 14.0 Å². The normalized spacial score (nSPS) is 12.1. The van der Waals surface area contributed by atoms with Crippen molar-refractivity contribution in [3.05, 3.63) is 89.8 Å². The molecule has 7 nitrogen and oxygen atoms in total. The molecule has 41 heavy (non-hydrogen) atoms. The summed E-state index contributed by atoms with van der Waals surface area (Å²) in [6.07, 6.45) is 3.19. The van der Waals surface area contributed by atoms with Gasteiger partial charge in [0.1, 0.15) is 29.0 Å². The summed E-state index contributed by atoms with van der Waals surface area (Å²) in [6.45, 7) is 9.93. The van der Waals surface area contributed by atoms with Crippen LogP contribution in [-0.4, -0.2) is 54.7 Å². The molecule has 3 rings (SSSR count). The monoisotopic (exact) mass is 565 g/mol. The molecule has 0 bridgehead atoms. The lowest BCUT2D eigenvalue weighted by molar-refractivity contribution is -0.109. The average molecular weight is 566 g/mol. The van der Waals surface area contributed by atoms with E-state index in [1.165, 1.54) is 37.4 Å². The van der Waals surface area contributed by atoms with E-state index < -0.39 is 17.5 Å². The van der Waals surface area contributed by atoms with Crippen molar-refractivity contribution in [2.75, 3.05) is 25.0 Å². The van der Waals surface area contributed by atoms with Gasteiger partial charge in [0, 0.05) is 31.7 Å². The lowest BCUT2D eigenvalue weighted by Crippen LogP contribution is -2.45. The molecule has 1 unspecified atom stereocenters. The van der Waals surface area contributed by atoms with Crippen molar-refractivity contribution in [1.82, 2.24) is 15.2 Å². The highest BCUT2D eigenvalue weighted by atomic mass is 19.1. The highest BCUT2D eigenvalue weighted by Gasteiger charge is 2.30. The Kier molecular flexibility index (Phi) is 10.8. The summed E-state index contributed by atoms with van der Waals surface area (Å²) in [5.74, 6) is -2.34. The van der Waals surface area contributed by atoms with Crippen LogP contribution in [0.2, 0.25) is 0 Å². The Morgan fingerprint density at radius 1 is 1.05 bits per heavy atom. The van der Waals surface area contributed by atoms with Crippen molar-refractivity contribution in [3.63, 3.8) is 0 Å². The molecule has 1 N–H and O–H groups in total. The van der Waals surface area contributed by atoms with Gasteiger partial charge < -0.3 is 10.2 Å². The van der Waals surface area contributed by atoms with Crippen LogP contribution in [0.4, 0.5) is 24.7 Å². The van der Waals surface area contributed by atoms with E-state index in [0.29, 0.717) is 31.3 Å². The molecule has 0 fully saturated rings. The third-order valence-corrected chi connectivity index (χ3v) is 6.63. The van der Waals surface area contributed by atoms with E-state index in [2.05, 4.69) is 21.9 Å². The van der Waals surface area contributed by atoms with Crippen LogP contribution in [0.15, 0.2) is 66.2 Å². The number of amides is 2. The Bertz CT molecular complexity index is 1430. The maximum Gasteiger partial charge on any atom is 0.220 e. The quantitative estimate of drug-likeness (QED) is 0.120. The van der Waals surface area contributed by atoms with Gasteiger partial charge >= 0.3 is 0 Å². The van der Waals surface area contributed by atoms with Crippen LogP contribution in [0.25, 0.3) is 11.3 Å². The molecule has 216 valence electrons. The lowest BCUT2D eigenvalue weighted by atomic mass is 9.99. The third kappa shape index (κ3) is 6.82. The van der Waals surface area contributed by atoms with Gasteiger partial charge in [-0.25, -0.2) is 18.2 Å². The number of pyridine rings is 1. The predicted molar refractivity (Wildman–Crippen MR) is 156 cm³/mol. The van der Waals surface area contributed by atoms with Crippen LogP contribution in [0, 0.1) is 17.5 Å². The number of nitrogens with zero attached hydrogens (tertiary/aromatic N) is 4. The zero-order valence-electron chi connectivity index (χ0n) is 23.6. The summed E-state index contributed by atoms with van der Waals surface area (Å²) < 4.78 is 46.1. The Labute approximate surface area is 238 Å². The fourth-order valence-electron chi connectivity index (χ4n) is 4.63. The van der Waals surface area contributed by atoms with Crippen LogP contribution in [0.5, 0.6) is 0 Å². The highest BCUT2D eigenvalue weighted by Crippen LogP contribution is 2.37. The van der Waals surface area contributed by atoms with Crippen LogP contribution in [0.3, 0.4) is 0 Å². The van der Waals surface area contributed by atoms with Crippen molar-refractivity contribution in [2.24, 2.45) is 4.99 Å². The Morgan fingerprint density at radius 3 is 2.37 bits per heavy atom. The molecule has 0 aliphatic carbocycles. The van der Waals surface area contributed by atoms with E-state index in [4.69, 9.17) is 0 Å². The molecule has 1 atom stereocenters. The largest absolute Gasteiger partial charge is 0.357 e. The van der Waals surface area contributed by atoms with E-state index in [0.717, 1.165) is 11.0 Å². The molecule has 2 aromatic carbocycles. The van der Waals surface area contributed by atoms with Gasteiger partial charge in [-0.15, -0.1) is 6.58 Å². The van der Waals surface area contributed by atoms with Crippen molar-refractivity contribution in [2.45, 2.75) is 39.2 Å². The number of amidine groups is 1. The van der Waals surface area contributed by atoms with Crippen LogP contribution >= 0.6 is 0 Å². The van der Waals surface area contributed by atoms with Gasteiger partial charge in [0.2, 0.25) is 12.8 Å². The molecule has 0 aliphatic heterocycles. The summed E-state index contributed by atoms with van der Waals surface area (Å²) >= 11 is 0. The third-order valence-electron chi connectivity index (χ3n) is 6.63. The topological polar surface area (TPSA) is 77.9 Å². The number of benzene rings is 2. The molecular formula is C31H34F3N5O2. The van der Waals surface area contributed by atoms with Gasteiger partial charge in [0.05, 0.1) is 11.3 Å². The fraction of sp³-hybridized carbons (Fsp3) is 0.290. The zero-order valence-corrected chi connectivity index (χ0v) is 23.6. The number of nitrogens with one attached hydrogen (secondary N) is 1. The summed E-state index contributed by atoms with van der Waals surface area (Å²) in [5.41, 5.74) is 0.0742. The van der Waals surface area contributed by atoms with Crippen LogP contribution in [0.1, 0.15) is 44.2 Å². The Hall–Kier alpha value is -4.47. The smallest absolute Gasteiger partial charge is 0.220 e. The van der Waals surface area contributed by atoms with Gasteiger partial charge in [-0.2, -0.15) is 0 Å². The summed E-state index contributed by atoms with van der Waals surface area (Å²) in [4.78, 5) is 35.5. The van der Waals surface area contributed by atoms with Crippen LogP contribution in [-0.2, 0) is 9.59 Å². The number of hydrogen-bond acceptors (Lipinski definition) is 4. The minimum atomic E-state index is -0.860. The second kappa shape index (κ2) is 14.2. The van der Waals surface area contributed by atoms with E-state index in [1.54, 1.807) is 18.2 Å². The Morgan fingerprint density at radius 2 is 1.76 bits per heavy atom. The maximum absolute atomic E-state index is 15.8. The minimum Gasteiger partial charge on any atom is -0.357 e. The molecule has 10 heteroatoms. The number of carbonyl (C=O) groups excluding carboxylic acids is 2. The standard InChI is InChI=1S/C31H34F3N5O2/c1-6-7-15-38(21(4)17-36-18-40)30(35-5)24-16-27(34)28(23-11-8-9-13-25(23)32)37-31(24)39(19-41)29-22(20(2)3)12-10-14-26(29)33/h6,8-14,16,18-21H,1,7,15,17H2,2-5H3,(H,36,40). The average Bonchev–Trinajstić information content (AvgIpc) is 2.96. The van der Waals surface area contributed by atoms with Gasteiger partial charge in [-0.1, -0.05) is 44.2 Å². The number of rotatable bonds is 13. The molecule has 3 aromatic rings. The molecule has 1 aromatic heterocycles. The molecule has 0 spiro atoms. The molecule has 0 radical (unpaired) electrons. The van der Waals surface area contributed by atoms with Crippen LogP contribution < -0.4 is 10.2 Å². The first kappa shape index (κ1) is 31.1. The van der Waals surface area contributed by atoms with Crippen molar-refractivity contribution < 1.29 is 22.8 Å². The SMILES string of the molecule is C=CCCN(C(=NC)c1cc(F)c(-c2ccccc2F)nc1N(C=O)c1c(F)cccc1C(C)C)C(C)CNC=O. The van der Waals surface area contributed by atoms with Crippen molar-refractivity contribution >= 4 is 30.2 Å². The first-order valence-corrected chi connectivity index (χ1v) is 13.2. The first-order chi connectivity index (χ1) is 19.7. The molecule has 2 amide bonds. The van der Waals surface area contributed by atoms with E-state index >= 15 is 8.78 Å². The number of halogens is 3. The van der Waals surface area contributed by atoms with Crippen molar-refractivity contribution in [1.29, 1.82) is 0 Å². The number of aliphatic imine (C=N–C) groups is 1. The highest BCUT2D eigenvalue weighted by molar-refractivity contribution is 6.06. The fourth-order valence-corrected chi connectivity index (χ4v) is 4.63. The minimum absolute atomic E-state index is 0.0545. The molecule has 0 saturated heterocycles. The molecular weight excluding hydrogens is 531 g/mol. The van der Waals surface area contributed by atoms with Gasteiger partial charge in [0.25, 0.3) is 0 Å². The maximum atomic E-state index is 15.8. The van der Waals surface area contributed by atoms with E-state index in [1.807, 2.05) is 25.7 Å². The summed E-state index contributed by atoms with van der Waals surface area (Å²) in [5, 5.41) is 2.63. The van der Waals surface area contributed by atoms with Gasteiger partial charge in [-0.3, -0.25) is 19.5 Å². The molecule has 0 saturated carbocycles. The number of hydrogen-bond donors (Lipinski definition) is 1. The first-order valence-electron chi connectivity index (χ1n) is 13.2. The van der Waals surface area contributed by atoms with Gasteiger partial charge in [0.15, 0.2) is 5.82 Å². The second-order valence-electron chi connectivity index (χ2n) is 9.67.